The second-order valence-electron chi connectivity index (χ2n) is 7.77. The summed E-state index contributed by atoms with van der Waals surface area (Å²) in [6.07, 6.45) is 1.02. The largest absolute Gasteiger partial charge is 0.481 e. The number of fused-ring (bicyclic) bond motifs is 1. The average molecular weight is 403 g/mol. The van der Waals surface area contributed by atoms with Crippen LogP contribution in [-0.4, -0.2) is 58.2 Å². The number of aryl methyl sites for hydroxylation is 1. The molecular formula is C20H26N4O3S. The van der Waals surface area contributed by atoms with Gasteiger partial charge in [0.25, 0.3) is 5.91 Å². The number of carbonyl (C=O) groups excluding carboxylic acids is 1. The fraction of sp³-hybridized carbons (Fsp3) is 0.550. The molecule has 4 atom stereocenters. The van der Waals surface area contributed by atoms with Gasteiger partial charge >= 0.3 is 0 Å². The van der Waals surface area contributed by atoms with Crippen molar-refractivity contribution in [2.45, 2.75) is 38.5 Å². The third-order valence-electron chi connectivity index (χ3n) is 5.86. The minimum absolute atomic E-state index is 0.127. The number of nitrogens with one attached hydrogen (secondary N) is 1. The zero-order valence-corrected chi connectivity index (χ0v) is 17.0. The van der Waals surface area contributed by atoms with Crippen LogP contribution in [0.3, 0.4) is 0 Å². The Balaban J connectivity index is 1.37. The Kier molecular flexibility index (Phi) is 5.61. The number of likely N-dealkylation sites (tertiary alicyclic amines) is 1. The number of pyridine rings is 1. The molecule has 2 aliphatic rings. The number of thiazole rings is 1. The van der Waals surface area contributed by atoms with Gasteiger partial charge in [-0.2, -0.15) is 0 Å². The van der Waals surface area contributed by atoms with Crippen LogP contribution < -0.4 is 10.1 Å². The molecule has 3 heterocycles. The molecule has 150 valence electrons. The Hall–Kier alpha value is -2.03. The first-order chi connectivity index (χ1) is 13.5. The van der Waals surface area contributed by atoms with E-state index in [0.717, 1.165) is 43.9 Å². The second kappa shape index (κ2) is 8.14. The predicted molar refractivity (Wildman–Crippen MR) is 106 cm³/mol. The standard InChI is InChI=1S/C20H26N4O3S/c1-12-19(28-11-21-12)20(26)23-16-6-13-8-24(9-14(13)7-17(16)25)10-15-4-3-5-18(22-15)27-2/h3-5,11,13-14,16-17,25H,6-10H2,1-2H3,(H,23,26)/t13-,14+,16-,17-/m0/s1. The van der Waals surface area contributed by atoms with Gasteiger partial charge in [0.05, 0.1) is 36.2 Å². The summed E-state index contributed by atoms with van der Waals surface area (Å²) < 4.78 is 5.21. The highest BCUT2D eigenvalue weighted by molar-refractivity contribution is 7.11. The van der Waals surface area contributed by atoms with Crippen LogP contribution in [0.15, 0.2) is 23.7 Å². The van der Waals surface area contributed by atoms with Gasteiger partial charge in [0.2, 0.25) is 5.88 Å². The summed E-state index contributed by atoms with van der Waals surface area (Å²) in [5, 5.41) is 13.6. The predicted octanol–water partition coefficient (Wildman–Crippen LogP) is 1.86. The molecule has 1 aliphatic heterocycles. The van der Waals surface area contributed by atoms with Crippen molar-refractivity contribution < 1.29 is 14.6 Å². The van der Waals surface area contributed by atoms with Crippen molar-refractivity contribution in [3.05, 3.63) is 40.0 Å². The summed E-state index contributed by atoms with van der Waals surface area (Å²) in [6, 6.07) is 5.62. The van der Waals surface area contributed by atoms with E-state index in [1.54, 1.807) is 12.6 Å². The van der Waals surface area contributed by atoms with Crippen LogP contribution in [0.1, 0.15) is 33.9 Å². The van der Waals surface area contributed by atoms with Crippen molar-refractivity contribution in [1.29, 1.82) is 0 Å². The summed E-state index contributed by atoms with van der Waals surface area (Å²) in [7, 11) is 1.63. The number of methoxy groups -OCH3 is 1. The number of hydrogen-bond acceptors (Lipinski definition) is 7. The fourth-order valence-electron chi connectivity index (χ4n) is 4.45. The molecule has 28 heavy (non-hydrogen) atoms. The first kappa shape index (κ1) is 19.3. The molecule has 1 saturated heterocycles. The molecule has 1 saturated carbocycles. The lowest BCUT2D eigenvalue weighted by Crippen LogP contribution is -2.49. The minimum atomic E-state index is -0.506. The molecule has 1 amide bonds. The van der Waals surface area contributed by atoms with E-state index in [9.17, 15) is 9.90 Å². The summed E-state index contributed by atoms with van der Waals surface area (Å²) in [4.78, 5) is 24.2. The van der Waals surface area contributed by atoms with E-state index in [2.05, 4.69) is 20.2 Å². The lowest BCUT2D eigenvalue weighted by Gasteiger charge is -2.35. The maximum Gasteiger partial charge on any atom is 0.263 e. The Labute approximate surface area is 168 Å². The molecule has 2 aromatic heterocycles. The van der Waals surface area contributed by atoms with Crippen LogP contribution >= 0.6 is 11.3 Å². The van der Waals surface area contributed by atoms with Crippen molar-refractivity contribution in [3.8, 4) is 5.88 Å². The van der Waals surface area contributed by atoms with Crippen LogP contribution in [0.2, 0.25) is 0 Å². The van der Waals surface area contributed by atoms with Crippen LogP contribution in [0, 0.1) is 18.8 Å². The SMILES string of the molecule is COc1cccc(CN2C[C@H]3C[C@H](O)[C@@H](NC(=O)c4scnc4C)C[C@H]3C2)n1. The smallest absolute Gasteiger partial charge is 0.263 e. The number of hydrogen-bond donors (Lipinski definition) is 2. The fourth-order valence-corrected chi connectivity index (χ4v) is 5.16. The monoisotopic (exact) mass is 402 g/mol. The van der Waals surface area contributed by atoms with E-state index in [1.165, 1.54) is 11.3 Å². The van der Waals surface area contributed by atoms with E-state index < -0.39 is 6.10 Å². The number of aromatic nitrogens is 2. The van der Waals surface area contributed by atoms with Crippen molar-refractivity contribution in [3.63, 3.8) is 0 Å². The maximum absolute atomic E-state index is 12.5. The topological polar surface area (TPSA) is 87.6 Å². The van der Waals surface area contributed by atoms with Gasteiger partial charge in [-0.05, 0) is 37.7 Å². The first-order valence-electron chi connectivity index (χ1n) is 9.64. The third-order valence-corrected chi connectivity index (χ3v) is 6.79. The quantitative estimate of drug-likeness (QED) is 0.794. The van der Waals surface area contributed by atoms with Gasteiger partial charge in [0, 0.05) is 25.7 Å². The van der Waals surface area contributed by atoms with Gasteiger partial charge in [-0.25, -0.2) is 9.97 Å². The number of nitrogens with zero attached hydrogens (tertiary/aromatic N) is 3. The van der Waals surface area contributed by atoms with Gasteiger partial charge in [0.15, 0.2) is 0 Å². The Morgan fingerprint density at radius 3 is 2.86 bits per heavy atom. The van der Waals surface area contributed by atoms with Crippen molar-refractivity contribution in [2.75, 3.05) is 20.2 Å². The molecule has 2 aromatic rings. The molecule has 7 nitrogen and oxygen atoms in total. The molecule has 0 spiro atoms. The molecule has 8 heteroatoms. The van der Waals surface area contributed by atoms with E-state index >= 15 is 0 Å². The Morgan fingerprint density at radius 2 is 2.14 bits per heavy atom. The van der Waals surface area contributed by atoms with E-state index in [1.807, 2.05) is 25.1 Å². The molecule has 0 bridgehead atoms. The lowest BCUT2D eigenvalue weighted by molar-refractivity contribution is 0.0462. The number of rotatable bonds is 5. The van der Waals surface area contributed by atoms with Gasteiger partial charge in [0.1, 0.15) is 4.88 Å². The van der Waals surface area contributed by atoms with Crippen LogP contribution in [-0.2, 0) is 6.54 Å². The number of carbonyl (C=O) groups is 1. The Bertz CT molecular complexity index is 842. The number of amides is 1. The number of ether oxygens (including phenoxy) is 1. The Morgan fingerprint density at radius 1 is 1.36 bits per heavy atom. The van der Waals surface area contributed by atoms with Gasteiger partial charge in [-0.3, -0.25) is 9.69 Å². The minimum Gasteiger partial charge on any atom is -0.481 e. The van der Waals surface area contributed by atoms with Crippen molar-refractivity contribution >= 4 is 17.2 Å². The zero-order chi connectivity index (χ0) is 19.7. The van der Waals surface area contributed by atoms with Gasteiger partial charge < -0.3 is 15.2 Å². The summed E-state index contributed by atoms with van der Waals surface area (Å²) in [5.41, 5.74) is 3.41. The van der Waals surface area contributed by atoms with Crippen molar-refractivity contribution in [1.82, 2.24) is 20.2 Å². The normalized spacial score (nSPS) is 27.4. The first-order valence-corrected chi connectivity index (χ1v) is 10.5. The molecule has 4 rings (SSSR count). The van der Waals surface area contributed by atoms with Gasteiger partial charge in [-0.1, -0.05) is 6.07 Å². The van der Waals surface area contributed by atoms with Crippen LogP contribution in [0.4, 0.5) is 0 Å². The second-order valence-corrected chi connectivity index (χ2v) is 8.63. The number of aliphatic hydroxyl groups is 1. The van der Waals surface area contributed by atoms with Crippen molar-refractivity contribution in [2.24, 2.45) is 11.8 Å². The molecule has 0 radical (unpaired) electrons. The molecule has 0 unspecified atom stereocenters. The van der Waals surface area contributed by atoms with Crippen LogP contribution in [0.5, 0.6) is 5.88 Å². The third kappa shape index (κ3) is 4.04. The van der Waals surface area contributed by atoms with E-state index in [-0.39, 0.29) is 11.9 Å². The highest BCUT2D eigenvalue weighted by Gasteiger charge is 2.42. The summed E-state index contributed by atoms with van der Waals surface area (Å²) >= 11 is 1.34. The van der Waals surface area contributed by atoms with Crippen LogP contribution in [0.25, 0.3) is 0 Å². The number of aliphatic hydroxyl groups excluding tert-OH is 1. The molecule has 2 fully saturated rings. The molecule has 1 aliphatic carbocycles. The summed E-state index contributed by atoms with van der Waals surface area (Å²) in [5.74, 6) is 1.43. The molecule has 2 N–H and O–H groups in total. The van der Waals surface area contributed by atoms with E-state index in [4.69, 9.17) is 4.74 Å². The maximum atomic E-state index is 12.5. The molecular weight excluding hydrogens is 376 g/mol. The van der Waals surface area contributed by atoms with Gasteiger partial charge in [-0.15, -0.1) is 11.3 Å². The zero-order valence-electron chi connectivity index (χ0n) is 16.2. The summed E-state index contributed by atoms with van der Waals surface area (Å²) in [6.45, 7) is 4.52. The highest BCUT2D eigenvalue weighted by atomic mass is 32.1. The average Bonchev–Trinajstić information content (AvgIpc) is 3.27. The van der Waals surface area contributed by atoms with E-state index in [0.29, 0.717) is 22.6 Å². The highest BCUT2D eigenvalue weighted by Crippen LogP contribution is 2.37. The lowest BCUT2D eigenvalue weighted by atomic mass is 9.77. The molecule has 0 aromatic carbocycles.